The second-order valence-corrected chi connectivity index (χ2v) is 7.03. The summed E-state index contributed by atoms with van der Waals surface area (Å²) in [6.45, 7) is 1.05. The summed E-state index contributed by atoms with van der Waals surface area (Å²) in [6.07, 6.45) is 0. The number of ether oxygens (including phenoxy) is 1. The number of halogens is 1. The molecule has 1 aromatic carbocycles. The van der Waals surface area contributed by atoms with Gasteiger partial charge in [0.1, 0.15) is 10.6 Å². The lowest BCUT2D eigenvalue weighted by atomic mass is 10.2. The maximum Gasteiger partial charge on any atom is 0.246 e. The van der Waals surface area contributed by atoms with Gasteiger partial charge in [0.15, 0.2) is 0 Å². The molecule has 20 heavy (non-hydrogen) atoms. The fraction of sp³-hybridized carbons (Fsp3) is 0.538. The van der Waals surface area contributed by atoms with E-state index in [9.17, 15) is 8.42 Å². The molecular formula is C13H21ClN2O3S. The van der Waals surface area contributed by atoms with E-state index in [0.29, 0.717) is 18.8 Å². The first-order chi connectivity index (χ1) is 9.32. The number of likely N-dealkylation sites (N-methyl/N-ethyl adjacent to an activating group) is 2. The van der Waals surface area contributed by atoms with Gasteiger partial charge < -0.3 is 9.64 Å². The van der Waals surface area contributed by atoms with Crippen LogP contribution in [-0.2, 0) is 15.9 Å². The van der Waals surface area contributed by atoms with Crippen LogP contribution in [0.25, 0.3) is 0 Å². The molecule has 0 unspecified atom stereocenters. The second kappa shape index (κ2) is 7.26. The Morgan fingerprint density at radius 1 is 1.20 bits per heavy atom. The standard InChI is InChI=1S/C13H21ClN2O3S/c1-15(2)7-8-16(3)20(17,18)13-9-11(10-14)5-6-12(13)19-4/h5-6,9H,7-8,10H2,1-4H3. The Hall–Kier alpha value is -0.820. The van der Waals surface area contributed by atoms with Gasteiger partial charge >= 0.3 is 0 Å². The van der Waals surface area contributed by atoms with Gasteiger partial charge in [-0.1, -0.05) is 6.07 Å². The van der Waals surface area contributed by atoms with Gasteiger partial charge in [-0.25, -0.2) is 8.42 Å². The highest BCUT2D eigenvalue weighted by molar-refractivity contribution is 7.89. The van der Waals surface area contributed by atoms with Crippen molar-refractivity contribution >= 4 is 21.6 Å². The Morgan fingerprint density at radius 3 is 2.35 bits per heavy atom. The maximum atomic E-state index is 12.6. The number of benzene rings is 1. The summed E-state index contributed by atoms with van der Waals surface area (Å²) in [4.78, 5) is 2.08. The van der Waals surface area contributed by atoms with Crippen LogP contribution in [0.1, 0.15) is 5.56 Å². The van der Waals surface area contributed by atoms with Gasteiger partial charge in [0, 0.05) is 26.0 Å². The monoisotopic (exact) mass is 320 g/mol. The Labute approximate surface area is 126 Å². The highest BCUT2D eigenvalue weighted by Gasteiger charge is 2.25. The van der Waals surface area contributed by atoms with Crippen molar-refractivity contribution in [1.29, 1.82) is 0 Å². The molecule has 0 spiro atoms. The number of rotatable bonds is 7. The lowest BCUT2D eigenvalue weighted by molar-refractivity contribution is 0.356. The molecule has 5 nitrogen and oxygen atoms in total. The van der Waals surface area contributed by atoms with Gasteiger partial charge in [0.2, 0.25) is 10.0 Å². The van der Waals surface area contributed by atoms with Gasteiger partial charge in [-0.3, -0.25) is 0 Å². The normalized spacial score (nSPS) is 12.2. The molecule has 0 fully saturated rings. The molecule has 0 saturated carbocycles. The quantitative estimate of drug-likeness (QED) is 0.716. The number of nitrogens with zero attached hydrogens (tertiary/aromatic N) is 2. The molecule has 7 heteroatoms. The Morgan fingerprint density at radius 2 is 1.85 bits per heavy atom. The first-order valence-corrected chi connectivity index (χ1v) is 8.14. The zero-order valence-electron chi connectivity index (χ0n) is 12.3. The molecule has 0 aromatic heterocycles. The average molecular weight is 321 g/mol. The van der Waals surface area contributed by atoms with Crippen molar-refractivity contribution in [3.63, 3.8) is 0 Å². The van der Waals surface area contributed by atoms with Gasteiger partial charge in [0.25, 0.3) is 0 Å². The van der Waals surface area contributed by atoms with Crippen molar-refractivity contribution < 1.29 is 13.2 Å². The summed E-state index contributed by atoms with van der Waals surface area (Å²) in [7, 11) is 3.22. The number of hydrogen-bond acceptors (Lipinski definition) is 4. The molecule has 0 radical (unpaired) electrons. The third kappa shape index (κ3) is 4.09. The molecule has 1 rings (SSSR count). The van der Waals surface area contributed by atoms with E-state index in [0.717, 1.165) is 5.56 Å². The minimum absolute atomic E-state index is 0.152. The molecule has 0 aliphatic rings. The van der Waals surface area contributed by atoms with E-state index >= 15 is 0 Å². The van der Waals surface area contributed by atoms with Crippen molar-refractivity contribution in [1.82, 2.24) is 9.21 Å². The van der Waals surface area contributed by atoms with Crippen LogP contribution in [0.15, 0.2) is 23.1 Å². The first kappa shape index (κ1) is 17.2. The van der Waals surface area contributed by atoms with Crippen molar-refractivity contribution in [2.24, 2.45) is 0 Å². The molecule has 0 aliphatic heterocycles. The zero-order chi connectivity index (χ0) is 15.3. The maximum absolute atomic E-state index is 12.6. The molecule has 0 saturated heterocycles. The molecular weight excluding hydrogens is 300 g/mol. The second-order valence-electron chi connectivity index (χ2n) is 4.75. The SMILES string of the molecule is COc1ccc(CCl)cc1S(=O)(=O)N(C)CCN(C)C. The molecule has 0 atom stereocenters. The van der Waals surface area contributed by atoms with Crippen LogP contribution in [-0.4, -0.2) is 59.0 Å². The van der Waals surface area contributed by atoms with E-state index < -0.39 is 10.0 Å². The van der Waals surface area contributed by atoms with Crippen molar-refractivity contribution in [2.75, 3.05) is 41.3 Å². The number of alkyl halides is 1. The lowest BCUT2D eigenvalue weighted by Gasteiger charge is -2.21. The van der Waals surface area contributed by atoms with E-state index in [1.54, 1.807) is 25.2 Å². The highest BCUT2D eigenvalue weighted by Crippen LogP contribution is 2.27. The number of sulfonamides is 1. The van der Waals surface area contributed by atoms with Crippen molar-refractivity contribution in [3.8, 4) is 5.75 Å². The summed E-state index contributed by atoms with van der Waals surface area (Å²) < 4.78 is 31.6. The molecule has 0 heterocycles. The highest BCUT2D eigenvalue weighted by atomic mass is 35.5. The summed E-state index contributed by atoms with van der Waals surface area (Å²) in [5.41, 5.74) is 0.743. The van der Waals surface area contributed by atoms with Crippen molar-refractivity contribution in [3.05, 3.63) is 23.8 Å². The van der Waals surface area contributed by atoms with Crippen LogP contribution in [0.2, 0.25) is 0 Å². The van der Waals surface area contributed by atoms with Gasteiger partial charge in [-0.2, -0.15) is 4.31 Å². The lowest BCUT2D eigenvalue weighted by Crippen LogP contribution is -2.33. The molecule has 0 amide bonds. The van der Waals surface area contributed by atoms with Crippen LogP contribution in [0.4, 0.5) is 0 Å². The van der Waals surface area contributed by atoms with E-state index in [2.05, 4.69) is 0 Å². The van der Waals surface area contributed by atoms with E-state index in [4.69, 9.17) is 16.3 Å². The Bertz CT molecular complexity index is 547. The topological polar surface area (TPSA) is 49.9 Å². The smallest absolute Gasteiger partial charge is 0.246 e. The molecule has 1 aromatic rings. The van der Waals surface area contributed by atoms with E-state index in [1.165, 1.54) is 11.4 Å². The number of methoxy groups -OCH3 is 1. The van der Waals surface area contributed by atoms with E-state index in [1.807, 2.05) is 19.0 Å². The zero-order valence-corrected chi connectivity index (χ0v) is 13.8. The third-order valence-corrected chi connectivity index (χ3v) is 5.12. The fourth-order valence-corrected chi connectivity index (χ4v) is 3.16. The van der Waals surface area contributed by atoms with Crippen LogP contribution < -0.4 is 4.74 Å². The van der Waals surface area contributed by atoms with E-state index in [-0.39, 0.29) is 10.8 Å². The van der Waals surface area contributed by atoms with Gasteiger partial charge in [-0.05, 0) is 31.8 Å². The molecule has 0 N–H and O–H groups in total. The fourth-order valence-electron chi connectivity index (χ4n) is 1.63. The minimum atomic E-state index is -3.59. The Balaban J connectivity index is 3.13. The van der Waals surface area contributed by atoms with Gasteiger partial charge in [0.05, 0.1) is 7.11 Å². The molecule has 0 bridgehead atoms. The van der Waals surface area contributed by atoms with Crippen LogP contribution >= 0.6 is 11.6 Å². The first-order valence-electron chi connectivity index (χ1n) is 6.17. The Kier molecular flexibility index (Phi) is 6.26. The molecule has 0 aliphatic carbocycles. The minimum Gasteiger partial charge on any atom is -0.495 e. The average Bonchev–Trinajstić information content (AvgIpc) is 2.43. The number of hydrogen-bond donors (Lipinski definition) is 0. The summed E-state index contributed by atoms with van der Waals surface area (Å²) in [5.74, 6) is 0.587. The third-order valence-electron chi connectivity index (χ3n) is 2.93. The molecule has 114 valence electrons. The summed E-state index contributed by atoms with van der Waals surface area (Å²) >= 11 is 5.77. The van der Waals surface area contributed by atoms with Crippen molar-refractivity contribution in [2.45, 2.75) is 10.8 Å². The van der Waals surface area contributed by atoms with Gasteiger partial charge in [-0.15, -0.1) is 11.6 Å². The summed E-state index contributed by atoms with van der Waals surface area (Å²) in [6, 6.07) is 4.95. The predicted octanol–water partition coefficient (Wildman–Crippen LogP) is 1.62. The van der Waals surface area contributed by atoms with Crippen LogP contribution in [0.3, 0.4) is 0 Å². The van der Waals surface area contributed by atoms with Crippen LogP contribution in [0.5, 0.6) is 5.75 Å². The van der Waals surface area contributed by atoms with Crippen LogP contribution in [0, 0.1) is 0 Å². The predicted molar refractivity (Wildman–Crippen MR) is 80.9 cm³/mol. The largest absolute Gasteiger partial charge is 0.495 e. The summed E-state index contributed by atoms with van der Waals surface area (Å²) in [5, 5.41) is 0.